The van der Waals surface area contributed by atoms with Gasteiger partial charge in [-0.2, -0.15) is 0 Å². The first-order chi connectivity index (χ1) is 10.9. The molecule has 0 rings (SSSR count). The lowest BCUT2D eigenvalue weighted by molar-refractivity contribution is 0.370. The van der Waals surface area contributed by atoms with Gasteiger partial charge in [0, 0.05) is 12.7 Å². The number of hydrogen-bond acceptors (Lipinski definition) is 2. The van der Waals surface area contributed by atoms with Crippen molar-refractivity contribution < 1.29 is 14.4 Å². The highest BCUT2D eigenvalue weighted by molar-refractivity contribution is 8.11. The van der Waals surface area contributed by atoms with Crippen LogP contribution in [0.1, 0.15) is 83.5 Å². The highest BCUT2D eigenvalue weighted by Gasteiger charge is 2.10. The molecule has 0 unspecified atom stereocenters. The predicted octanol–water partition coefficient (Wildman–Crippen LogP) is 5.04. The summed E-state index contributed by atoms with van der Waals surface area (Å²) in [5.41, 5.74) is 0. The van der Waals surface area contributed by atoms with Gasteiger partial charge >= 0.3 is 7.60 Å². The molecular weight excluding hydrogens is 349 g/mol. The van der Waals surface area contributed by atoms with Crippen LogP contribution in [-0.4, -0.2) is 26.8 Å². The SMILES string of the molecule is O=P(O)(O)CCCCCCCCCCCCCCCNC(=S)S. The van der Waals surface area contributed by atoms with E-state index < -0.39 is 7.60 Å². The number of thiol groups is 1. The quantitative estimate of drug-likeness (QED) is 0.130. The maximum atomic E-state index is 10.7. The van der Waals surface area contributed by atoms with Crippen LogP contribution in [0.3, 0.4) is 0 Å². The van der Waals surface area contributed by atoms with E-state index in [0.29, 0.717) is 10.7 Å². The summed E-state index contributed by atoms with van der Waals surface area (Å²) in [7, 11) is -3.77. The van der Waals surface area contributed by atoms with Crippen LogP contribution in [0.15, 0.2) is 0 Å². The van der Waals surface area contributed by atoms with Crippen molar-refractivity contribution in [1.29, 1.82) is 0 Å². The zero-order valence-corrected chi connectivity index (χ0v) is 16.8. The molecule has 7 heteroatoms. The zero-order valence-electron chi connectivity index (χ0n) is 14.2. The van der Waals surface area contributed by atoms with Crippen molar-refractivity contribution >= 4 is 36.8 Å². The third-order valence-electron chi connectivity index (χ3n) is 3.90. The Labute approximate surface area is 152 Å². The zero-order chi connectivity index (χ0) is 17.4. The van der Waals surface area contributed by atoms with Crippen molar-refractivity contribution in [3.05, 3.63) is 0 Å². The normalized spacial score (nSPS) is 11.6. The summed E-state index contributed by atoms with van der Waals surface area (Å²) in [6, 6.07) is 0. The van der Waals surface area contributed by atoms with Gasteiger partial charge in [0.2, 0.25) is 0 Å². The topological polar surface area (TPSA) is 69.6 Å². The molecule has 0 aliphatic heterocycles. The first-order valence-electron chi connectivity index (χ1n) is 8.93. The minimum atomic E-state index is -3.77. The first-order valence-corrected chi connectivity index (χ1v) is 11.6. The molecule has 0 atom stereocenters. The first kappa shape index (κ1) is 23.4. The highest BCUT2D eigenvalue weighted by Crippen LogP contribution is 2.35. The Morgan fingerprint density at radius 1 is 0.783 bits per heavy atom. The summed E-state index contributed by atoms with van der Waals surface area (Å²) in [5.74, 6) is 0. The Kier molecular flexibility index (Phi) is 16.2. The van der Waals surface area contributed by atoms with Gasteiger partial charge in [0.25, 0.3) is 0 Å². The van der Waals surface area contributed by atoms with Crippen LogP contribution in [0.4, 0.5) is 0 Å². The molecule has 0 aliphatic carbocycles. The Balaban J connectivity index is 3.05. The average molecular weight is 384 g/mol. The monoisotopic (exact) mass is 383 g/mol. The van der Waals surface area contributed by atoms with E-state index >= 15 is 0 Å². The van der Waals surface area contributed by atoms with Crippen molar-refractivity contribution in [3.8, 4) is 0 Å². The van der Waals surface area contributed by atoms with Crippen LogP contribution < -0.4 is 5.32 Å². The Hall–Kier alpha value is 0.390. The second-order valence-electron chi connectivity index (χ2n) is 6.22. The van der Waals surface area contributed by atoms with Gasteiger partial charge in [0.05, 0.1) is 0 Å². The van der Waals surface area contributed by atoms with E-state index in [0.717, 1.165) is 19.4 Å². The summed E-state index contributed by atoms with van der Waals surface area (Å²) < 4.78 is 11.3. The van der Waals surface area contributed by atoms with Crippen molar-refractivity contribution in [2.45, 2.75) is 83.5 Å². The summed E-state index contributed by atoms with van der Waals surface area (Å²) >= 11 is 8.85. The lowest BCUT2D eigenvalue weighted by Gasteiger charge is -2.05. The Bertz CT molecular complexity index is 337. The summed E-state index contributed by atoms with van der Waals surface area (Å²) in [6.45, 7) is 0.941. The maximum absolute atomic E-state index is 10.7. The molecule has 0 aromatic heterocycles. The third-order valence-corrected chi connectivity index (χ3v) is 5.10. The number of nitrogens with one attached hydrogen (secondary N) is 1. The molecule has 0 spiro atoms. The van der Waals surface area contributed by atoms with E-state index in [1.165, 1.54) is 64.2 Å². The second-order valence-corrected chi connectivity index (χ2v) is 9.15. The standard InChI is InChI=1S/C16H34NO3PS2/c18-21(19,20)15-13-11-9-7-5-3-1-2-4-6-8-10-12-14-17-16(22)23/h1-15H2,(H2,17,22,23)(H2,18,19,20). The van der Waals surface area contributed by atoms with Gasteiger partial charge in [0.1, 0.15) is 4.32 Å². The number of thiocarbonyl (C=S) groups is 1. The van der Waals surface area contributed by atoms with E-state index in [-0.39, 0.29) is 6.16 Å². The summed E-state index contributed by atoms with van der Waals surface area (Å²) in [4.78, 5) is 17.5. The van der Waals surface area contributed by atoms with E-state index in [4.69, 9.17) is 22.0 Å². The Morgan fingerprint density at radius 3 is 1.48 bits per heavy atom. The largest absolute Gasteiger partial charge is 0.371 e. The van der Waals surface area contributed by atoms with Gasteiger partial charge in [-0.1, -0.05) is 82.8 Å². The number of hydrogen-bond donors (Lipinski definition) is 4. The minimum Gasteiger partial charge on any atom is -0.371 e. The van der Waals surface area contributed by atoms with Crippen LogP contribution in [0.2, 0.25) is 0 Å². The van der Waals surface area contributed by atoms with Gasteiger partial charge in [-0.05, 0) is 12.8 Å². The smallest absolute Gasteiger partial charge is 0.325 e. The van der Waals surface area contributed by atoms with Crippen molar-refractivity contribution in [2.24, 2.45) is 0 Å². The van der Waals surface area contributed by atoms with Crippen molar-refractivity contribution in [2.75, 3.05) is 12.7 Å². The summed E-state index contributed by atoms with van der Waals surface area (Å²) in [5, 5.41) is 3.05. The van der Waals surface area contributed by atoms with Crippen LogP contribution in [0.5, 0.6) is 0 Å². The van der Waals surface area contributed by atoms with Gasteiger partial charge in [0.15, 0.2) is 0 Å². The highest BCUT2D eigenvalue weighted by atomic mass is 32.1. The molecule has 4 nitrogen and oxygen atoms in total. The van der Waals surface area contributed by atoms with Crippen LogP contribution in [0.25, 0.3) is 0 Å². The summed E-state index contributed by atoms with van der Waals surface area (Å²) in [6.07, 6.45) is 15.5. The maximum Gasteiger partial charge on any atom is 0.325 e. The van der Waals surface area contributed by atoms with Crippen LogP contribution in [0, 0.1) is 0 Å². The third kappa shape index (κ3) is 22.4. The average Bonchev–Trinajstić information content (AvgIpc) is 2.45. The molecule has 3 N–H and O–H groups in total. The van der Waals surface area contributed by atoms with Gasteiger partial charge in [-0.15, -0.1) is 12.6 Å². The molecule has 0 aromatic carbocycles. The molecule has 0 radical (unpaired) electrons. The molecule has 0 fully saturated rings. The molecule has 0 amide bonds. The molecule has 0 aromatic rings. The fourth-order valence-electron chi connectivity index (χ4n) is 2.58. The van der Waals surface area contributed by atoms with E-state index in [1.54, 1.807) is 0 Å². The molecule has 0 saturated heterocycles. The fraction of sp³-hybridized carbons (Fsp3) is 0.938. The fourth-order valence-corrected chi connectivity index (χ4v) is 3.43. The lowest BCUT2D eigenvalue weighted by atomic mass is 10.0. The van der Waals surface area contributed by atoms with Crippen molar-refractivity contribution in [1.82, 2.24) is 5.32 Å². The minimum absolute atomic E-state index is 0.0460. The van der Waals surface area contributed by atoms with Crippen LogP contribution in [-0.2, 0) is 4.57 Å². The predicted molar refractivity (Wildman–Crippen MR) is 107 cm³/mol. The second kappa shape index (κ2) is 15.9. The number of rotatable bonds is 16. The molecule has 23 heavy (non-hydrogen) atoms. The molecule has 0 aliphatic rings. The van der Waals surface area contributed by atoms with Crippen LogP contribution >= 0.6 is 32.4 Å². The molecule has 0 bridgehead atoms. The van der Waals surface area contributed by atoms with Gasteiger partial charge in [-0.25, -0.2) is 0 Å². The van der Waals surface area contributed by atoms with Crippen molar-refractivity contribution in [3.63, 3.8) is 0 Å². The molecule has 0 heterocycles. The molecule has 0 saturated carbocycles. The van der Waals surface area contributed by atoms with Gasteiger partial charge in [-0.3, -0.25) is 4.57 Å². The van der Waals surface area contributed by atoms with Gasteiger partial charge < -0.3 is 15.1 Å². The van der Waals surface area contributed by atoms with E-state index in [2.05, 4.69) is 17.9 Å². The Morgan fingerprint density at radius 2 is 1.13 bits per heavy atom. The van der Waals surface area contributed by atoms with E-state index in [9.17, 15) is 4.57 Å². The number of unbranched alkanes of at least 4 members (excludes halogenated alkanes) is 12. The van der Waals surface area contributed by atoms with E-state index in [1.807, 2.05) is 0 Å². The molecule has 138 valence electrons. The lowest BCUT2D eigenvalue weighted by Crippen LogP contribution is -2.17. The molecular formula is C16H34NO3PS2.